The molecule has 2 nitrogen and oxygen atoms in total. The lowest BCUT2D eigenvalue weighted by molar-refractivity contribution is 0.810. The van der Waals surface area contributed by atoms with Crippen molar-refractivity contribution in [3.05, 3.63) is 46.9 Å². The summed E-state index contributed by atoms with van der Waals surface area (Å²) in [4.78, 5) is 10.7. The largest absolute Gasteiger partial charge is 0.350 e. The van der Waals surface area contributed by atoms with Crippen LogP contribution in [0.5, 0.6) is 0 Å². The average molecular weight is 181 g/mol. The lowest BCUT2D eigenvalue weighted by Crippen LogP contribution is -2.02. The van der Waals surface area contributed by atoms with Crippen LogP contribution in [0.2, 0.25) is 0 Å². The van der Waals surface area contributed by atoms with E-state index in [0.717, 1.165) is 12.3 Å². The maximum atomic E-state index is 10.7. The summed E-state index contributed by atoms with van der Waals surface area (Å²) in [5.41, 5.74) is 0.0458. The molecule has 0 saturated heterocycles. The number of pyridine rings is 1. The van der Waals surface area contributed by atoms with Crippen LogP contribution in [0.1, 0.15) is 0 Å². The van der Waals surface area contributed by atoms with Crippen LogP contribution in [0.25, 0.3) is 0 Å². The molecule has 0 spiro atoms. The summed E-state index contributed by atoms with van der Waals surface area (Å²) in [6, 6.07) is 3.10. The summed E-state index contributed by atoms with van der Waals surface area (Å²) in [7, 11) is 0. The molecular weight excluding hydrogens is 170 g/mol. The van der Waals surface area contributed by atoms with E-state index in [4.69, 9.17) is 0 Å². The molecular formula is C9H11NOS. The van der Waals surface area contributed by atoms with Crippen LogP contribution in [0, 0.1) is 0 Å². The van der Waals surface area contributed by atoms with E-state index >= 15 is 0 Å². The summed E-state index contributed by atoms with van der Waals surface area (Å²) in [5.74, 6) is 0.750. The molecule has 0 unspecified atom stereocenters. The summed E-state index contributed by atoms with van der Waals surface area (Å²) < 4.78 is 1.93. The van der Waals surface area contributed by atoms with Crippen molar-refractivity contribution in [3.8, 4) is 0 Å². The van der Waals surface area contributed by atoms with Gasteiger partial charge in [0.1, 0.15) is 0 Å². The number of aromatic nitrogens is 1. The second-order valence-electron chi connectivity index (χ2n) is 2.38. The quantitative estimate of drug-likeness (QED) is 0.551. The van der Waals surface area contributed by atoms with E-state index < -0.39 is 0 Å². The number of rotatable bonds is 3. The smallest absolute Gasteiger partial charge is 0.181 e. The number of nitrogens with zero attached hydrogens (tertiary/aromatic N) is 1. The van der Waals surface area contributed by atoms with Gasteiger partial charge in [0.2, 0.25) is 0 Å². The third-order valence-electron chi connectivity index (χ3n) is 1.45. The zero-order valence-corrected chi connectivity index (χ0v) is 7.58. The Hall–Kier alpha value is -0.960. The van der Waals surface area contributed by atoms with Crippen molar-refractivity contribution >= 4 is 12.6 Å². The van der Waals surface area contributed by atoms with E-state index in [1.807, 2.05) is 16.7 Å². The molecule has 1 aromatic heterocycles. The molecule has 12 heavy (non-hydrogen) atoms. The molecule has 64 valence electrons. The van der Waals surface area contributed by atoms with E-state index in [9.17, 15) is 4.79 Å². The van der Waals surface area contributed by atoms with Gasteiger partial charge in [-0.25, -0.2) is 0 Å². The molecule has 0 aromatic carbocycles. The maximum Gasteiger partial charge on any atom is 0.181 e. The van der Waals surface area contributed by atoms with Crippen LogP contribution < -0.4 is 5.43 Å². The van der Waals surface area contributed by atoms with Crippen LogP contribution >= 0.6 is 12.6 Å². The van der Waals surface area contributed by atoms with Crippen molar-refractivity contribution in [3.63, 3.8) is 0 Å². The Bertz CT molecular complexity index is 296. The van der Waals surface area contributed by atoms with Crippen molar-refractivity contribution < 1.29 is 0 Å². The molecule has 0 bridgehead atoms. The first-order valence-electron chi connectivity index (χ1n) is 3.75. The number of thiol groups is 1. The normalized spacial score (nSPS) is 10.8. The Morgan fingerprint density at radius 2 is 2.00 bits per heavy atom. The van der Waals surface area contributed by atoms with Crippen LogP contribution in [0.3, 0.4) is 0 Å². The highest BCUT2D eigenvalue weighted by Crippen LogP contribution is 1.86. The van der Waals surface area contributed by atoms with Crippen LogP contribution in [0.15, 0.2) is 41.5 Å². The molecule has 1 heterocycles. The van der Waals surface area contributed by atoms with Crippen molar-refractivity contribution in [2.75, 3.05) is 5.75 Å². The van der Waals surface area contributed by atoms with Gasteiger partial charge in [0, 0.05) is 36.8 Å². The van der Waals surface area contributed by atoms with Gasteiger partial charge in [-0.05, 0) is 0 Å². The van der Waals surface area contributed by atoms with Gasteiger partial charge in [-0.2, -0.15) is 12.6 Å². The fourth-order valence-corrected chi connectivity index (χ4v) is 0.985. The fraction of sp³-hybridized carbons (Fsp3) is 0.222. The molecule has 0 atom stereocenters. The van der Waals surface area contributed by atoms with E-state index in [1.54, 1.807) is 24.5 Å². The van der Waals surface area contributed by atoms with Gasteiger partial charge in [0.15, 0.2) is 5.43 Å². The van der Waals surface area contributed by atoms with Gasteiger partial charge in [-0.1, -0.05) is 12.2 Å². The van der Waals surface area contributed by atoms with Gasteiger partial charge < -0.3 is 4.57 Å². The van der Waals surface area contributed by atoms with Gasteiger partial charge in [0.05, 0.1) is 0 Å². The van der Waals surface area contributed by atoms with E-state index in [1.165, 1.54) is 0 Å². The van der Waals surface area contributed by atoms with Crippen molar-refractivity contribution in [1.29, 1.82) is 0 Å². The standard InChI is InChI=1S/C9H11NOS/c11-9-3-6-10(7-4-9)5-1-2-8-12/h1-4,6-7,12H,5,8H2/b2-1+. The van der Waals surface area contributed by atoms with E-state index in [2.05, 4.69) is 12.6 Å². The predicted molar refractivity (Wildman–Crippen MR) is 53.7 cm³/mol. The highest BCUT2D eigenvalue weighted by Gasteiger charge is 1.83. The highest BCUT2D eigenvalue weighted by molar-refractivity contribution is 7.80. The SMILES string of the molecule is O=c1ccn(C/C=C/CS)cc1. The summed E-state index contributed by atoms with van der Waals surface area (Å²) in [6.45, 7) is 0.792. The van der Waals surface area contributed by atoms with Crippen LogP contribution in [0.4, 0.5) is 0 Å². The van der Waals surface area contributed by atoms with Gasteiger partial charge in [-0.15, -0.1) is 0 Å². The molecule has 0 saturated carbocycles. The second kappa shape index (κ2) is 4.83. The Kier molecular flexibility index (Phi) is 3.67. The summed E-state index contributed by atoms with van der Waals surface area (Å²) in [6.07, 6.45) is 7.52. The van der Waals surface area contributed by atoms with Crippen molar-refractivity contribution in [2.45, 2.75) is 6.54 Å². The molecule has 1 aromatic rings. The van der Waals surface area contributed by atoms with Gasteiger partial charge in [0.25, 0.3) is 0 Å². The Balaban J connectivity index is 2.59. The Labute approximate surface area is 76.9 Å². The van der Waals surface area contributed by atoms with E-state index in [-0.39, 0.29) is 5.43 Å². The zero-order valence-electron chi connectivity index (χ0n) is 6.68. The first-order chi connectivity index (χ1) is 5.83. The predicted octanol–water partition coefficient (Wildman–Crippen LogP) is 1.33. The molecule has 0 aliphatic carbocycles. The number of hydrogen-bond acceptors (Lipinski definition) is 2. The lowest BCUT2D eigenvalue weighted by atomic mass is 10.4. The number of allylic oxidation sites excluding steroid dienone is 1. The minimum atomic E-state index is 0.0458. The van der Waals surface area contributed by atoms with Gasteiger partial charge in [-0.3, -0.25) is 4.79 Å². The third-order valence-corrected chi connectivity index (χ3v) is 1.66. The van der Waals surface area contributed by atoms with Crippen LogP contribution in [-0.4, -0.2) is 10.3 Å². The molecule has 0 fully saturated rings. The van der Waals surface area contributed by atoms with Crippen molar-refractivity contribution in [2.24, 2.45) is 0 Å². The zero-order chi connectivity index (χ0) is 8.81. The van der Waals surface area contributed by atoms with E-state index in [0.29, 0.717) is 0 Å². The fourth-order valence-electron chi connectivity index (χ4n) is 0.836. The first kappa shape index (κ1) is 9.13. The molecule has 1 rings (SSSR count). The molecule has 3 heteroatoms. The summed E-state index contributed by atoms with van der Waals surface area (Å²) in [5, 5.41) is 0. The Morgan fingerprint density at radius 3 is 2.58 bits per heavy atom. The topological polar surface area (TPSA) is 22.0 Å². The minimum absolute atomic E-state index is 0.0458. The molecule has 0 N–H and O–H groups in total. The third kappa shape index (κ3) is 2.96. The lowest BCUT2D eigenvalue weighted by Gasteiger charge is -1.99. The molecule has 0 amide bonds. The number of hydrogen-bond donors (Lipinski definition) is 1. The molecule has 0 aliphatic heterocycles. The van der Waals surface area contributed by atoms with Crippen LogP contribution in [-0.2, 0) is 6.54 Å². The molecule has 0 aliphatic rings. The van der Waals surface area contributed by atoms with Crippen molar-refractivity contribution in [1.82, 2.24) is 4.57 Å². The van der Waals surface area contributed by atoms with Gasteiger partial charge >= 0.3 is 0 Å². The molecule has 0 radical (unpaired) electrons. The summed E-state index contributed by atoms with van der Waals surface area (Å²) >= 11 is 4.04. The average Bonchev–Trinajstić information content (AvgIpc) is 2.09. The highest BCUT2D eigenvalue weighted by atomic mass is 32.1. The maximum absolute atomic E-state index is 10.7. The minimum Gasteiger partial charge on any atom is -0.350 e. The first-order valence-corrected chi connectivity index (χ1v) is 4.38. The Morgan fingerprint density at radius 1 is 1.33 bits per heavy atom. The second-order valence-corrected chi connectivity index (χ2v) is 2.75. The monoisotopic (exact) mass is 181 g/mol.